The quantitative estimate of drug-likeness (QED) is 0.282. The topological polar surface area (TPSA) is 67.6 Å². The van der Waals surface area contributed by atoms with Gasteiger partial charge in [-0.15, -0.1) is 0 Å². The number of ether oxygens (including phenoxy) is 1. The average molecular weight is 500 g/mol. The second-order valence-electron chi connectivity index (χ2n) is 10.4. The highest BCUT2D eigenvalue weighted by Gasteiger charge is 2.21. The Bertz CT molecular complexity index is 1370. The number of aliphatic hydroxyl groups excluding tert-OH is 1. The minimum Gasteiger partial charge on any atom is -0.456 e. The maximum atomic E-state index is 12.8. The van der Waals surface area contributed by atoms with Crippen LogP contribution in [0.5, 0.6) is 0 Å². The van der Waals surface area contributed by atoms with E-state index in [1.54, 1.807) is 0 Å². The highest BCUT2D eigenvalue weighted by atomic mass is 16.6. The number of aryl methyl sites for hydroxylation is 1. The first-order chi connectivity index (χ1) is 17.7. The summed E-state index contributed by atoms with van der Waals surface area (Å²) in [6, 6.07) is 22.2. The molecule has 1 N–H and O–H groups in total. The van der Waals surface area contributed by atoms with E-state index in [1.165, 1.54) is 0 Å². The van der Waals surface area contributed by atoms with E-state index in [0.717, 1.165) is 52.1 Å². The van der Waals surface area contributed by atoms with Crippen molar-refractivity contribution in [2.45, 2.75) is 52.7 Å². The highest BCUT2D eigenvalue weighted by molar-refractivity contribution is 5.97. The van der Waals surface area contributed by atoms with Gasteiger partial charge < -0.3 is 19.3 Å². The number of rotatable bonds is 9. The summed E-state index contributed by atoms with van der Waals surface area (Å²) in [7, 11) is 1.99. The third kappa shape index (κ3) is 6.20. The molecule has 0 aliphatic heterocycles. The normalized spacial score (nSPS) is 11.6. The summed E-state index contributed by atoms with van der Waals surface area (Å²) in [5.41, 5.74) is 6.13. The molecule has 0 aliphatic carbocycles. The number of aliphatic hydroxyl groups is 1. The first-order valence-corrected chi connectivity index (χ1v) is 12.9. The van der Waals surface area contributed by atoms with Crippen LogP contribution in [0.2, 0.25) is 0 Å². The van der Waals surface area contributed by atoms with Crippen LogP contribution in [0, 0.1) is 0 Å². The van der Waals surface area contributed by atoms with Crippen molar-refractivity contribution >= 4 is 22.7 Å². The zero-order valence-electron chi connectivity index (χ0n) is 22.5. The van der Waals surface area contributed by atoms with Crippen LogP contribution in [0.15, 0.2) is 66.7 Å². The van der Waals surface area contributed by atoms with E-state index in [0.29, 0.717) is 18.7 Å². The van der Waals surface area contributed by atoms with Gasteiger partial charge in [0.05, 0.1) is 23.2 Å². The molecular weight excluding hydrogens is 462 g/mol. The van der Waals surface area contributed by atoms with Gasteiger partial charge in [0.25, 0.3) is 0 Å². The number of benzene rings is 3. The van der Waals surface area contributed by atoms with E-state index < -0.39 is 5.60 Å². The smallest absolute Gasteiger partial charge is 0.339 e. The summed E-state index contributed by atoms with van der Waals surface area (Å²) < 4.78 is 7.92. The van der Waals surface area contributed by atoms with Gasteiger partial charge in [-0.2, -0.15) is 0 Å². The number of imidazole rings is 1. The van der Waals surface area contributed by atoms with Gasteiger partial charge in [0, 0.05) is 32.2 Å². The molecule has 194 valence electrons. The van der Waals surface area contributed by atoms with Crippen LogP contribution in [0.3, 0.4) is 0 Å². The lowest BCUT2D eigenvalue weighted by molar-refractivity contribution is 0.00704. The maximum absolute atomic E-state index is 12.8. The second-order valence-corrected chi connectivity index (χ2v) is 10.4. The van der Waals surface area contributed by atoms with Gasteiger partial charge >= 0.3 is 5.97 Å². The highest BCUT2D eigenvalue weighted by Crippen LogP contribution is 2.28. The molecule has 0 saturated heterocycles. The van der Waals surface area contributed by atoms with Gasteiger partial charge in [-0.3, -0.25) is 0 Å². The monoisotopic (exact) mass is 499 g/mol. The fourth-order valence-corrected chi connectivity index (χ4v) is 4.49. The standard InChI is InChI=1S/C31H37N3O3/c1-6-9-29-32-27-17-16-24(33(5)18-19-35)20-28(27)34(29)21-22-12-14-23(15-13-22)25-10-7-8-11-26(25)30(36)37-31(2,3)4/h7-8,10-17,20,35H,6,9,18-19,21H2,1-5H3. The molecule has 3 aromatic carbocycles. The molecule has 0 spiro atoms. The lowest BCUT2D eigenvalue weighted by atomic mass is 9.98. The molecule has 6 nitrogen and oxygen atoms in total. The molecule has 1 aromatic heterocycles. The van der Waals surface area contributed by atoms with E-state index in [9.17, 15) is 9.90 Å². The Labute approximate surface area is 219 Å². The molecule has 0 atom stereocenters. The molecule has 0 unspecified atom stereocenters. The van der Waals surface area contributed by atoms with Crippen LogP contribution < -0.4 is 4.90 Å². The molecule has 0 radical (unpaired) electrons. The van der Waals surface area contributed by atoms with Crippen LogP contribution in [0.25, 0.3) is 22.2 Å². The molecule has 4 aromatic rings. The molecule has 1 heterocycles. The zero-order valence-corrected chi connectivity index (χ0v) is 22.5. The Morgan fingerprint density at radius 3 is 2.46 bits per heavy atom. The van der Waals surface area contributed by atoms with Crippen molar-refractivity contribution in [3.63, 3.8) is 0 Å². The fraction of sp³-hybridized carbons (Fsp3) is 0.355. The number of hydrogen-bond donors (Lipinski definition) is 1. The van der Waals surface area contributed by atoms with Crippen LogP contribution in [-0.4, -0.2) is 46.4 Å². The zero-order chi connectivity index (χ0) is 26.6. The van der Waals surface area contributed by atoms with Gasteiger partial charge in [-0.1, -0.05) is 49.4 Å². The van der Waals surface area contributed by atoms with Crippen molar-refractivity contribution in [2.24, 2.45) is 0 Å². The first kappa shape index (κ1) is 26.4. The van der Waals surface area contributed by atoms with Crippen LogP contribution >= 0.6 is 0 Å². The number of fused-ring (bicyclic) bond motifs is 1. The van der Waals surface area contributed by atoms with Gasteiger partial charge in [0.2, 0.25) is 0 Å². The molecule has 0 aliphatic rings. The minimum atomic E-state index is -0.551. The van der Waals surface area contributed by atoms with Gasteiger partial charge in [0.1, 0.15) is 11.4 Å². The molecule has 0 bridgehead atoms. The second kappa shape index (κ2) is 11.2. The third-order valence-corrected chi connectivity index (χ3v) is 6.31. The predicted octanol–water partition coefficient (Wildman–Crippen LogP) is 6.09. The van der Waals surface area contributed by atoms with E-state index in [4.69, 9.17) is 9.72 Å². The van der Waals surface area contributed by atoms with Crippen molar-refractivity contribution in [1.29, 1.82) is 0 Å². The molecule has 0 amide bonds. The van der Waals surface area contributed by atoms with Crippen molar-refractivity contribution in [1.82, 2.24) is 9.55 Å². The lowest BCUT2D eigenvalue weighted by Gasteiger charge is -2.20. The molecule has 0 fully saturated rings. The molecular formula is C31H37N3O3. The largest absolute Gasteiger partial charge is 0.456 e. The third-order valence-electron chi connectivity index (χ3n) is 6.31. The number of esters is 1. The van der Waals surface area contributed by atoms with Crippen molar-refractivity contribution < 1.29 is 14.6 Å². The van der Waals surface area contributed by atoms with Crippen molar-refractivity contribution in [3.05, 3.63) is 83.7 Å². The number of anilines is 1. The first-order valence-electron chi connectivity index (χ1n) is 12.9. The van der Waals surface area contributed by atoms with E-state index in [2.05, 4.69) is 54.0 Å². The van der Waals surface area contributed by atoms with E-state index in [-0.39, 0.29) is 12.6 Å². The number of likely N-dealkylation sites (N-methyl/N-ethyl adjacent to an activating group) is 1. The van der Waals surface area contributed by atoms with Crippen LogP contribution in [0.4, 0.5) is 5.69 Å². The minimum absolute atomic E-state index is 0.109. The lowest BCUT2D eigenvalue weighted by Crippen LogP contribution is -2.24. The molecule has 6 heteroatoms. The predicted molar refractivity (Wildman–Crippen MR) is 150 cm³/mol. The molecule has 4 rings (SSSR count). The number of carbonyl (C=O) groups is 1. The Morgan fingerprint density at radius 2 is 1.78 bits per heavy atom. The number of nitrogens with zero attached hydrogens (tertiary/aromatic N) is 3. The summed E-state index contributed by atoms with van der Waals surface area (Å²) in [6.07, 6.45) is 1.92. The Hall–Kier alpha value is -3.64. The summed E-state index contributed by atoms with van der Waals surface area (Å²) in [6.45, 7) is 9.19. The van der Waals surface area contributed by atoms with Crippen molar-refractivity contribution in [3.8, 4) is 11.1 Å². The summed E-state index contributed by atoms with van der Waals surface area (Å²) >= 11 is 0. The van der Waals surface area contributed by atoms with Crippen LogP contribution in [-0.2, 0) is 17.7 Å². The molecule has 37 heavy (non-hydrogen) atoms. The number of aromatic nitrogens is 2. The summed E-state index contributed by atoms with van der Waals surface area (Å²) in [5, 5.41) is 9.35. The van der Waals surface area contributed by atoms with Gasteiger partial charge in [-0.05, 0) is 68.1 Å². The van der Waals surface area contributed by atoms with Crippen molar-refractivity contribution in [2.75, 3.05) is 25.1 Å². The number of hydrogen-bond acceptors (Lipinski definition) is 5. The Morgan fingerprint density at radius 1 is 1.05 bits per heavy atom. The molecule has 0 saturated carbocycles. The van der Waals surface area contributed by atoms with Gasteiger partial charge in [0.15, 0.2) is 0 Å². The fourth-order valence-electron chi connectivity index (χ4n) is 4.49. The number of carbonyl (C=O) groups excluding carboxylic acids is 1. The van der Waals surface area contributed by atoms with Crippen LogP contribution in [0.1, 0.15) is 55.9 Å². The van der Waals surface area contributed by atoms with E-state index in [1.807, 2.05) is 57.0 Å². The maximum Gasteiger partial charge on any atom is 0.339 e. The average Bonchev–Trinajstić information content (AvgIpc) is 3.20. The summed E-state index contributed by atoms with van der Waals surface area (Å²) in [5.74, 6) is 0.752. The summed E-state index contributed by atoms with van der Waals surface area (Å²) in [4.78, 5) is 19.8. The Kier molecular flexibility index (Phi) is 7.98. The SMILES string of the molecule is CCCc1nc2ccc(N(C)CCO)cc2n1Cc1ccc(-c2ccccc2C(=O)OC(C)(C)C)cc1. The van der Waals surface area contributed by atoms with E-state index >= 15 is 0 Å². The Balaban J connectivity index is 1.65. The van der Waals surface area contributed by atoms with Gasteiger partial charge in [-0.25, -0.2) is 9.78 Å².